The fourth-order valence-electron chi connectivity index (χ4n) is 2.61. The standard InChI is InChI=1S/C18H21ClO3/c1-12-11-16(20-2)18(22-4)17(21-3)14(12)10-9-13-7-5-6-8-15(13)19/h5-8,11H,9-10H2,1-4H3. The molecule has 0 amide bonds. The van der Waals surface area contributed by atoms with Crippen LogP contribution in [0.2, 0.25) is 5.02 Å². The van der Waals surface area contributed by atoms with Gasteiger partial charge in [-0.15, -0.1) is 0 Å². The summed E-state index contributed by atoms with van der Waals surface area (Å²) >= 11 is 6.23. The van der Waals surface area contributed by atoms with Crippen LogP contribution in [0.4, 0.5) is 0 Å². The van der Waals surface area contributed by atoms with E-state index in [4.69, 9.17) is 25.8 Å². The average molecular weight is 321 g/mol. The Balaban J connectivity index is 2.36. The van der Waals surface area contributed by atoms with E-state index in [1.54, 1.807) is 21.3 Å². The van der Waals surface area contributed by atoms with Crippen LogP contribution in [-0.4, -0.2) is 21.3 Å². The normalized spacial score (nSPS) is 10.4. The first-order valence-electron chi connectivity index (χ1n) is 7.14. The first kappa shape index (κ1) is 16.5. The van der Waals surface area contributed by atoms with Crippen molar-refractivity contribution in [3.8, 4) is 17.2 Å². The molecule has 0 fully saturated rings. The highest BCUT2D eigenvalue weighted by molar-refractivity contribution is 6.31. The van der Waals surface area contributed by atoms with Gasteiger partial charge in [-0.3, -0.25) is 0 Å². The maximum atomic E-state index is 6.23. The van der Waals surface area contributed by atoms with Crippen LogP contribution < -0.4 is 14.2 Å². The van der Waals surface area contributed by atoms with Crippen molar-refractivity contribution in [2.45, 2.75) is 19.8 Å². The summed E-state index contributed by atoms with van der Waals surface area (Å²) in [6.07, 6.45) is 1.66. The van der Waals surface area contributed by atoms with E-state index in [1.165, 1.54) is 0 Å². The first-order chi connectivity index (χ1) is 10.6. The lowest BCUT2D eigenvalue weighted by Gasteiger charge is -2.18. The Morgan fingerprint density at radius 2 is 1.59 bits per heavy atom. The van der Waals surface area contributed by atoms with Gasteiger partial charge in [-0.05, 0) is 43.0 Å². The molecule has 0 atom stereocenters. The van der Waals surface area contributed by atoms with Gasteiger partial charge < -0.3 is 14.2 Å². The van der Waals surface area contributed by atoms with Crippen LogP contribution in [0, 0.1) is 6.92 Å². The molecule has 0 aromatic heterocycles. The number of methoxy groups -OCH3 is 3. The lowest BCUT2D eigenvalue weighted by atomic mass is 9.98. The van der Waals surface area contributed by atoms with E-state index >= 15 is 0 Å². The first-order valence-corrected chi connectivity index (χ1v) is 7.52. The molecular formula is C18H21ClO3. The molecule has 2 rings (SSSR count). The van der Waals surface area contributed by atoms with Crippen molar-refractivity contribution in [3.05, 3.63) is 52.0 Å². The van der Waals surface area contributed by atoms with E-state index in [-0.39, 0.29) is 0 Å². The Hall–Kier alpha value is -1.87. The lowest BCUT2D eigenvalue weighted by Crippen LogP contribution is -2.03. The van der Waals surface area contributed by atoms with Gasteiger partial charge in [0.2, 0.25) is 5.75 Å². The molecule has 0 heterocycles. The summed E-state index contributed by atoms with van der Waals surface area (Å²) in [4.78, 5) is 0. The molecule has 4 heteroatoms. The summed E-state index contributed by atoms with van der Waals surface area (Å²) < 4.78 is 16.4. The minimum Gasteiger partial charge on any atom is -0.493 e. The van der Waals surface area contributed by atoms with Gasteiger partial charge >= 0.3 is 0 Å². The van der Waals surface area contributed by atoms with Crippen LogP contribution in [0.25, 0.3) is 0 Å². The van der Waals surface area contributed by atoms with Crippen molar-refractivity contribution in [1.29, 1.82) is 0 Å². The summed E-state index contributed by atoms with van der Waals surface area (Å²) in [5, 5.41) is 0.791. The Morgan fingerprint density at radius 1 is 0.909 bits per heavy atom. The second-order valence-corrected chi connectivity index (χ2v) is 5.44. The van der Waals surface area contributed by atoms with Crippen molar-refractivity contribution in [1.82, 2.24) is 0 Å². The molecule has 0 aliphatic rings. The number of halogens is 1. The van der Waals surface area contributed by atoms with Crippen LogP contribution in [0.5, 0.6) is 17.2 Å². The zero-order valence-electron chi connectivity index (χ0n) is 13.4. The molecule has 22 heavy (non-hydrogen) atoms. The molecule has 0 N–H and O–H groups in total. The third-order valence-corrected chi connectivity index (χ3v) is 4.13. The van der Waals surface area contributed by atoms with Gasteiger partial charge in [0.1, 0.15) is 0 Å². The van der Waals surface area contributed by atoms with Gasteiger partial charge in [0.25, 0.3) is 0 Å². The highest BCUT2D eigenvalue weighted by Gasteiger charge is 2.18. The van der Waals surface area contributed by atoms with Gasteiger partial charge in [0.15, 0.2) is 11.5 Å². The molecule has 118 valence electrons. The van der Waals surface area contributed by atoms with E-state index < -0.39 is 0 Å². The SMILES string of the molecule is COc1cc(C)c(CCc2ccccc2Cl)c(OC)c1OC. The molecule has 0 saturated heterocycles. The molecule has 0 saturated carbocycles. The van der Waals surface area contributed by atoms with Crippen LogP contribution in [0.3, 0.4) is 0 Å². The van der Waals surface area contributed by atoms with Crippen LogP contribution in [0.1, 0.15) is 16.7 Å². The molecule has 2 aromatic carbocycles. The number of benzene rings is 2. The number of aryl methyl sites for hydroxylation is 2. The molecule has 0 aliphatic carbocycles. The molecule has 0 aliphatic heterocycles. The van der Waals surface area contributed by atoms with E-state index in [1.807, 2.05) is 37.3 Å². The fraction of sp³-hybridized carbons (Fsp3) is 0.333. The Bertz CT molecular complexity index is 653. The van der Waals surface area contributed by atoms with E-state index in [2.05, 4.69) is 0 Å². The number of rotatable bonds is 6. The lowest BCUT2D eigenvalue weighted by molar-refractivity contribution is 0.321. The fourth-order valence-corrected chi connectivity index (χ4v) is 2.84. The number of hydrogen-bond donors (Lipinski definition) is 0. The molecular weight excluding hydrogens is 300 g/mol. The monoisotopic (exact) mass is 320 g/mol. The van der Waals surface area contributed by atoms with Crippen LogP contribution in [-0.2, 0) is 12.8 Å². The van der Waals surface area contributed by atoms with Crippen molar-refractivity contribution in [2.75, 3.05) is 21.3 Å². The minimum atomic E-state index is 0.629. The topological polar surface area (TPSA) is 27.7 Å². The molecule has 0 spiro atoms. The predicted octanol–water partition coefficient (Wildman–Crippen LogP) is 4.46. The van der Waals surface area contributed by atoms with Crippen molar-refractivity contribution in [3.63, 3.8) is 0 Å². The number of ether oxygens (including phenoxy) is 3. The van der Waals surface area contributed by atoms with Crippen molar-refractivity contribution >= 4 is 11.6 Å². The molecule has 0 bridgehead atoms. The second kappa shape index (κ2) is 7.41. The molecule has 0 unspecified atom stereocenters. The summed E-state index contributed by atoms with van der Waals surface area (Å²) in [7, 11) is 4.89. The largest absolute Gasteiger partial charge is 0.493 e. The maximum Gasteiger partial charge on any atom is 0.203 e. The van der Waals surface area contributed by atoms with E-state index in [9.17, 15) is 0 Å². The van der Waals surface area contributed by atoms with Gasteiger partial charge in [-0.1, -0.05) is 29.8 Å². The Labute approximate surface area is 136 Å². The van der Waals surface area contributed by atoms with Crippen LogP contribution in [0.15, 0.2) is 30.3 Å². The van der Waals surface area contributed by atoms with Gasteiger partial charge in [0.05, 0.1) is 21.3 Å². The molecule has 3 nitrogen and oxygen atoms in total. The van der Waals surface area contributed by atoms with Crippen molar-refractivity contribution < 1.29 is 14.2 Å². The number of hydrogen-bond acceptors (Lipinski definition) is 3. The zero-order valence-corrected chi connectivity index (χ0v) is 14.2. The summed E-state index contributed by atoms with van der Waals surface area (Å²) in [6.45, 7) is 2.05. The zero-order chi connectivity index (χ0) is 16.1. The van der Waals surface area contributed by atoms with E-state index in [0.717, 1.165) is 40.3 Å². The van der Waals surface area contributed by atoms with Gasteiger partial charge in [-0.2, -0.15) is 0 Å². The smallest absolute Gasteiger partial charge is 0.203 e. The van der Waals surface area contributed by atoms with E-state index in [0.29, 0.717) is 11.5 Å². The third kappa shape index (κ3) is 3.30. The highest BCUT2D eigenvalue weighted by Crippen LogP contribution is 2.42. The third-order valence-electron chi connectivity index (χ3n) is 3.76. The maximum absolute atomic E-state index is 6.23. The Morgan fingerprint density at radius 3 is 2.18 bits per heavy atom. The quantitative estimate of drug-likeness (QED) is 0.786. The summed E-state index contributed by atoms with van der Waals surface area (Å²) in [5.41, 5.74) is 3.35. The Kier molecular flexibility index (Phi) is 5.56. The van der Waals surface area contributed by atoms with Gasteiger partial charge in [-0.25, -0.2) is 0 Å². The van der Waals surface area contributed by atoms with Crippen molar-refractivity contribution in [2.24, 2.45) is 0 Å². The van der Waals surface area contributed by atoms with Crippen LogP contribution >= 0.6 is 11.6 Å². The highest BCUT2D eigenvalue weighted by atomic mass is 35.5. The predicted molar refractivity (Wildman–Crippen MR) is 89.7 cm³/mol. The second-order valence-electron chi connectivity index (χ2n) is 5.03. The average Bonchev–Trinajstić information content (AvgIpc) is 2.53. The minimum absolute atomic E-state index is 0.629. The molecule has 0 radical (unpaired) electrons. The summed E-state index contributed by atoms with van der Waals surface area (Å²) in [5.74, 6) is 2.04. The van der Waals surface area contributed by atoms with Gasteiger partial charge in [0, 0.05) is 10.6 Å². The summed E-state index contributed by atoms with van der Waals surface area (Å²) in [6, 6.07) is 9.87. The molecule has 2 aromatic rings.